The highest BCUT2D eigenvalue weighted by Crippen LogP contribution is 2.43. The van der Waals surface area contributed by atoms with Crippen LogP contribution in [0.1, 0.15) is 168 Å². The summed E-state index contributed by atoms with van der Waals surface area (Å²) in [7, 11) is -4.71. The standard InChI is InChI=1S/C42H74NO10P/c1-3-5-7-9-11-12-13-14-15-16-17-18-19-20-21-22-23-24-25-26-28-30-32-34-41(45)53-38(36-51-54(48,49)52-37-39(43)42(46)47)35-50-40(44)33-31-29-27-10-8-6-4-2/h5,7,11-12,14-15,17-18,38-39H,3-4,6,8-10,13,16,19-37,43H2,1-2H3,(H,46,47)(H,48,49)/b7-5-,12-11-,15-14-,18-17-. The van der Waals surface area contributed by atoms with Gasteiger partial charge in [-0.05, 0) is 51.4 Å². The van der Waals surface area contributed by atoms with Gasteiger partial charge in [-0.25, -0.2) is 4.57 Å². The quantitative estimate of drug-likeness (QED) is 0.0235. The lowest BCUT2D eigenvalue weighted by molar-refractivity contribution is -0.161. The van der Waals surface area contributed by atoms with Crippen LogP contribution in [0.3, 0.4) is 0 Å². The minimum Gasteiger partial charge on any atom is -0.480 e. The average Bonchev–Trinajstić information content (AvgIpc) is 3.14. The number of rotatable bonds is 38. The van der Waals surface area contributed by atoms with Crippen LogP contribution >= 0.6 is 7.82 Å². The Balaban J connectivity index is 4.22. The summed E-state index contributed by atoms with van der Waals surface area (Å²) in [5.41, 5.74) is 5.31. The second-order valence-corrected chi connectivity index (χ2v) is 15.2. The van der Waals surface area contributed by atoms with Crippen LogP contribution < -0.4 is 5.73 Å². The van der Waals surface area contributed by atoms with E-state index in [1.54, 1.807) is 0 Å². The summed E-state index contributed by atoms with van der Waals surface area (Å²) in [5, 5.41) is 8.86. The molecule has 0 aromatic rings. The second-order valence-electron chi connectivity index (χ2n) is 13.7. The van der Waals surface area contributed by atoms with Crippen LogP contribution in [0.15, 0.2) is 48.6 Å². The molecular formula is C42H74NO10P. The van der Waals surface area contributed by atoms with Gasteiger partial charge in [-0.1, -0.05) is 152 Å². The summed E-state index contributed by atoms with van der Waals surface area (Å²) in [6, 6.07) is -1.52. The maximum atomic E-state index is 12.6. The maximum absolute atomic E-state index is 12.6. The number of carboxylic acids is 1. The molecule has 0 radical (unpaired) electrons. The van der Waals surface area contributed by atoms with Crippen molar-refractivity contribution in [3.8, 4) is 0 Å². The van der Waals surface area contributed by atoms with E-state index in [0.29, 0.717) is 12.8 Å². The first-order valence-corrected chi connectivity index (χ1v) is 22.2. The van der Waals surface area contributed by atoms with Gasteiger partial charge in [0.2, 0.25) is 0 Å². The number of phosphoric ester groups is 1. The molecule has 0 aliphatic carbocycles. The molecule has 0 aliphatic heterocycles. The zero-order valence-electron chi connectivity index (χ0n) is 33.6. The summed E-state index contributed by atoms with van der Waals surface area (Å²) >= 11 is 0. The molecular weight excluding hydrogens is 709 g/mol. The van der Waals surface area contributed by atoms with Crippen molar-refractivity contribution in [1.82, 2.24) is 0 Å². The molecule has 0 saturated carbocycles. The van der Waals surface area contributed by atoms with E-state index in [0.717, 1.165) is 70.6 Å². The number of carboxylic acid groups (broad SMARTS) is 1. The van der Waals surface area contributed by atoms with Gasteiger partial charge in [-0.15, -0.1) is 0 Å². The number of nitrogens with two attached hydrogens (primary N) is 1. The SMILES string of the molecule is CC/C=C\C/C=C\C/C=C\C/C=C\CCCCCCCCCCCCC(=O)OC(COC(=O)CCCCCCCCC)COP(=O)(O)OCC(N)C(=O)O. The maximum Gasteiger partial charge on any atom is 0.472 e. The molecule has 0 saturated heterocycles. The van der Waals surface area contributed by atoms with Gasteiger partial charge in [-0.2, -0.15) is 0 Å². The fraction of sp³-hybridized carbons (Fsp3) is 0.738. The Hall–Kier alpha value is -2.56. The fourth-order valence-corrected chi connectivity index (χ4v) is 6.13. The van der Waals surface area contributed by atoms with E-state index in [9.17, 15) is 23.8 Å². The van der Waals surface area contributed by atoms with Crippen molar-refractivity contribution in [1.29, 1.82) is 0 Å². The number of carbonyl (C=O) groups excluding carboxylic acids is 2. The highest BCUT2D eigenvalue weighted by molar-refractivity contribution is 7.47. The van der Waals surface area contributed by atoms with E-state index < -0.39 is 51.1 Å². The van der Waals surface area contributed by atoms with Crippen molar-refractivity contribution in [3.63, 3.8) is 0 Å². The normalized spacial score (nSPS) is 14.3. The molecule has 12 heteroatoms. The van der Waals surface area contributed by atoms with Crippen molar-refractivity contribution >= 4 is 25.7 Å². The number of hydrogen-bond donors (Lipinski definition) is 3. The lowest BCUT2D eigenvalue weighted by Gasteiger charge is -2.20. The van der Waals surface area contributed by atoms with Gasteiger partial charge < -0.3 is 25.2 Å². The lowest BCUT2D eigenvalue weighted by Crippen LogP contribution is -2.34. The van der Waals surface area contributed by atoms with Crippen LogP contribution in [0.25, 0.3) is 0 Å². The smallest absolute Gasteiger partial charge is 0.472 e. The first-order chi connectivity index (χ1) is 26.1. The number of unbranched alkanes of at least 4 members (excludes halogenated alkanes) is 16. The Kier molecular flexibility index (Phi) is 35.6. The van der Waals surface area contributed by atoms with Gasteiger partial charge in [0, 0.05) is 12.8 Å². The van der Waals surface area contributed by atoms with Crippen LogP contribution in [-0.4, -0.2) is 59.9 Å². The number of phosphoric acid groups is 1. The van der Waals surface area contributed by atoms with Crippen LogP contribution in [0.4, 0.5) is 0 Å². The second kappa shape index (κ2) is 37.4. The number of hydrogen-bond acceptors (Lipinski definition) is 9. The molecule has 3 unspecified atom stereocenters. The first kappa shape index (κ1) is 51.4. The predicted octanol–water partition coefficient (Wildman–Crippen LogP) is 10.6. The molecule has 54 heavy (non-hydrogen) atoms. The molecule has 0 aliphatic rings. The van der Waals surface area contributed by atoms with Crippen molar-refractivity contribution in [2.24, 2.45) is 5.73 Å². The van der Waals surface area contributed by atoms with Crippen molar-refractivity contribution in [2.45, 2.75) is 180 Å². The lowest BCUT2D eigenvalue weighted by atomic mass is 10.0. The third kappa shape index (κ3) is 36.4. The monoisotopic (exact) mass is 784 g/mol. The molecule has 11 nitrogen and oxygen atoms in total. The number of carbonyl (C=O) groups is 3. The molecule has 0 spiro atoms. The van der Waals surface area contributed by atoms with Crippen molar-refractivity contribution in [2.75, 3.05) is 19.8 Å². The summed E-state index contributed by atoms with van der Waals surface area (Å²) in [6.45, 7) is 2.62. The Morgan fingerprint density at radius 3 is 1.56 bits per heavy atom. The topological polar surface area (TPSA) is 172 Å². The van der Waals surface area contributed by atoms with E-state index >= 15 is 0 Å². The van der Waals surface area contributed by atoms with E-state index in [1.165, 1.54) is 57.8 Å². The molecule has 0 amide bonds. The van der Waals surface area contributed by atoms with Crippen molar-refractivity contribution < 1.29 is 47.5 Å². The molecule has 3 atom stereocenters. The largest absolute Gasteiger partial charge is 0.480 e. The van der Waals surface area contributed by atoms with Crippen LogP contribution in [-0.2, 0) is 37.5 Å². The molecule has 0 heterocycles. The molecule has 0 aromatic heterocycles. The Labute approximate surface area is 326 Å². The third-order valence-electron chi connectivity index (χ3n) is 8.59. The molecule has 0 bridgehead atoms. The number of ether oxygens (including phenoxy) is 2. The van der Waals surface area contributed by atoms with E-state index in [2.05, 4.69) is 67.0 Å². The Morgan fingerprint density at radius 2 is 1.04 bits per heavy atom. The van der Waals surface area contributed by atoms with Gasteiger partial charge in [0.25, 0.3) is 0 Å². The van der Waals surface area contributed by atoms with Gasteiger partial charge >= 0.3 is 25.7 Å². The highest BCUT2D eigenvalue weighted by Gasteiger charge is 2.28. The predicted molar refractivity (Wildman–Crippen MR) is 217 cm³/mol. The fourth-order valence-electron chi connectivity index (χ4n) is 5.35. The minimum atomic E-state index is -4.71. The van der Waals surface area contributed by atoms with E-state index in [-0.39, 0.29) is 19.4 Å². The summed E-state index contributed by atoms with van der Waals surface area (Å²) in [4.78, 5) is 45.7. The number of aliphatic carboxylic acids is 1. The van der Waals surface area contributed by atoms with Crippen LogP contribution in [0.5, 0.6) is 0 Å². The minimum absolute atomic E-state index is 0.155. The van der Waals surface area contributed by atoms with E-state index in [1.807, 2.05) is 0 Å². The van der Waals surface area contributed by atoms with Gasteiger partial charge in [0.05, 0.1) is 13.2 Å². The summed E-state index contributed by atoms with van der Waals surface area (Å²) in [6.07, 6.45) is 40.6. The third-order valence-corrected chi connectivity index (χ3v) is 9.54. The Bertz CT molecular complexity index is 1110. The van der Waals surface area contributed by atoms with Gasteiger partial charge in [0.15, 0.2) is 6.10 Å². The molecule has 0 rings (SSSR count). The van der Waals surface area contributed by atoms with Gasteiger partial charge in [0.1, 0.15) is 12.6 Å². The zero-order chi connectivity index (χ0) is 40.0. The van der Waals surface area contributed by atoms with Crippen LogP contribution in [0, 0.1) is 0 Å². The molecule has 312 valence electrons. The first-order valence-electron chi connectivity index (χ1n) is 20.7. The summed E-state index contributed by atoms with van der Waals surface area (Å²) < 4.78 is 32.5. The van der Waals surface area contributed by atoms with Crippen molar-refractivity contribution in [3.05, 3.63) is 48.6 Å². The number of allylic oxidation sites excluding steroid dienone is 8. The van der Waals surface area contributed by atoms with Gasteiger partial charge in [-0.3, -0.25) is 23.4 Å². The molecule has 4 N–H and O–H groups in total. The molecule has 0 aromatic carbocycles. The summed E-state index contributed by atoms with van der Waals surface area (Å²) in [5.74, 6) is -2.39. The highest BCUT2D eigenvalue weighted by atomic mass is 31.2. The Morgan fingerprint density at radius 1 is 0.593 bits per heavy atom. The van der Waals surface area contributed by atoms with Crippen LogP contribution in [0.2, 0.25) is 0 Å². The number of esters is 2. The molecule has 0 fully saturated rings. The van der Waals surface area contributed by atoms with E-state index in [4.69, 9.17) is 24.8 Å². The average molecular weight is 784 g/mol. The zero-order valence-corrected chi connectivity index (χ0v) is 34.4.